The van der Waals surface area contributed by atoms with Gasteiger partial charge in [-0.2, -0.15) is 5.26 Å². The summed E-state index contributed by atoms with van der Waals surface area (Å²) in [6, 6.07) is 16.4. The molecule has 1 aliphatic rings. The van der Waals surface area contributed by atoms with Gasteiger partial charge in [0.15, 0.2) is 0 Å². The highest BCUT2D eigenvalue weighted by Gasteiger charge is 2.45. The molecule has 0 fully saturated rings. The molecular weight excluding hydrogens is 474 g/mol. The smallest absolute Gasteiger partial charge is 0.319 e. The maximum atomic E-state index is 13.0. The van der Waals surface area contributed by atoms with Crippen molar-refractivity contribution in [3.63, 3.8) is 0 Å². The van der Waals surface area contributed by atoms with E-state index in [2.05, 4.69) is 16.7 Å². The summed E-state index contributed by atoms with van der Waals surface area (Å²) >= 11 is 7.39. The minimum absolute atomic E-state index is 0.0460. The molecule has 0 bridgehead atoms. The minimum Gasteiger partial charge on any atom is -0.465 e. The highest BCUT2D eigenvalue weighted by molar-refractivity contribution is 8.03. The number of ether oxygens (including phenoxy) is 1. The number of thioether (sulfide) groups is 1. The summed E-state index contributed by atoms with van der Waals surface area (Å²) in [4.78, 5) is 38.1. The van der Waals surface area contributed by atoms with E-state index in [-0.39, 0.29) is 28.9 Å². The SMILES string of the molecule is CCOC(=O)[C@H]1C(=O)NC(SCC(=O)Nc2ccc(CC)cc2)=C(C#N)[C@H]1c1ccccc1Cl. The molecule has 2 N–H and O–H groups in total. The molecule has 2 aromatic rings. The predicted octanol–water partition coefficient (Wildman–Crippen LogP) is 4.40. The zero-order valence-electron chi connectivity index (χ0n) is 18.8. The lowest BCUT2D eigenvalue weighted by Gasteiger charge is -2.31. The molecule has 1 aliphatic heterocycles. The number of hydrogen-bond acceptors (Lipinski definition) is 6. The van der Waals surface area contributed by atoms with E-state index >= 15 is 0 Å². The van der Waals surface area contributed by atoms with E-state index in [1.807, 2.05) is 31.2 Å². The van der Waals surface area contributed by atoms with Gasteiger partial charge in [-0.3, -0.25) is 14.4 Å². The third kappa shape index (κ3) is 5.79. The van der Waals surface area contributed by atoms with Crippen LogP contribution in [0.3, 0.4) is 0 Å². The number of amides is 2. The van der Waals surface area contributed by atoms with Crippen LogP contribution in [0.25, 0.3) is 0 Å². The number of nitrogens with zero attached hydrogens (tertiary/aromatic N) is 1. The first-order valence-electron chi connectivity index (χ1n) is 10.8. The summed E-state index contributed by atoms with van der Waals surface area (Å²) in [5, 5.41) is 15.9. The standard InChI is InChI=1S/C25H24ClN3O4S/c1-3-15-9-11-16(12-10-15)28-20(30)14-34-24-18(13-27)21(17-7-5-6-8-19(17)26)22(23(31)29-24)25(32)33-4-2/h5-12,21-22H,3-4,14H2,1-2H3,(H,28,30)(H,29,31)/t21-,22-/m1/s1. The van der Waals surface area contributed by atoms with Gasteiger partial charge in [0.25, 0.3) is 0 Å². The Morgan fingerprint density at radius 1 is 1.18 bits per heavy atom. The van der Waals surface area contributed by atoms with Gasteiger partial charge in [-0.05, 0) is 42.7 Å². The van der Waals surface area contributed by atoms with Crippen molar-refractivity contribution in [2.45, 2.75) is 26.2 Å². The average Bonchev–Trinajstić information content (AvgIpc) is 2.83. The van der Waals surface area contributed by atoms with Gasteiger partial charge in [0, 0.05) is 16.6 Å². The highest BCUT2D eigenvalue weighted by Crippen LogP contribution is 2.42. The molecule has 9 heteroatoms. The van der Waals surface area contributed by atoms with E-state index in [0.29, 0.717) is 16.3 Å². The molecule has 7 nitrogen and oxygen atoms in total. The number of carbonyl (C=O) groups is 3. The second kappa shape index (κ2) is 11.7. The largest absolute Gasteiger partial charge is 0.465 e. The molecule has 0 radical (unpaired) electrons. The minimum atomic E-state index is -1.27. The molecule has 1 heterocycles. The Bertz CT molecular complexity index is 1160. The Morgan fingerprint density at radius 3 is 2.50 bits per heavy atom. The quantitative estimate of drug-likeness (QED) is 0.413. The van der Waals surface area contributed by atoms with E-state index < -0.39 is 23.7 Å². The number of halogens is 1. The summed E-state index contributed by atoms with van der Waals surface area (Å²) in [6.45, 7) is 3.77. The zero-order chi connectivity index (χ0) is 24.7. The third-order valence-electron chi connectivity index (χ3n) is 5.30. The van der Waals surface area contributed by atoms with Crippen molar-refractivity contribution in [1.29, 1.82) is 5.26 Å². The molecule has 0 saturated carbocycles. The number of hydrogen-bond donors (Lipinski definition) is 2. The molecular formula is C25H24ClN3O4S. The van der Waals surface area contributed by atoms with E-state index in [1.54, 1.807) is 31.2 Å². The molecule has 0 aliphatic carbocycles. The molecule has 0 aromatic heterocycles. The van der Waals surface area contributed by atoms with Crippen molar-refractivity contribution < 1.29 is 19.1 Å². The van der Waals surface area contributed by atoms with Crippen molar-refractivity contribution in [2.75, 3.05) is 17.7 Å². The van der Waals surface area contributed by atoms with Gasteiger partial charge in [0.05, 0.1) is 29.0 Å². The van der Waals surface area contributed by atoms with Crippen molar-refractivity contribution in [2.24, 2.45) is 5.92 Å². The molecule has 3 rings (SSSR count). The zero-order valence-corrected chi connectivity index (χ0v) is 20.3. The Morgan fingerprint density at radius 2 is 1.88 bits per heavy atom. The van der Waals surface area contributed by atoms with Crippen molar-refractivity contribution in [3.05, 3.63) is 75.3 Å². The first-order chi connectivity index (χ1) is 16.4. The van der Waals surface area contributed by atoms with Gasteiger partial charge in [-0.25, -0.2) is 0 Å². The molecule has 0 spiro atoms. The maximum Gasteiger partial charge on any atom is 0.319 e. The lowest BCUT2D eigenvalue weighted by molar-refractivity contribution is -0.152. The first-order valence-corrected chi connectivity index (χ1v) is 12.1. The summed E-state index contributed by atoms with van der Waals surface area (Å²) in [5.74, 6) is -3.90. The van der Waals surface area contributed by atoms with Gasteiger partial charge < -0.3 is 15.4 Å². The molecule has 0 saturated heterocycles. The number of allylic oxidation sites excluding steroid dienone is 1. The van der Waals surface area contributed by atoms with E-state index in [1.165, 1.54) is 0 Å². The van der Waals surface area contributed by atoms with Crippen LogP contribution in [0.5, 0.6) is 0 Å². The average molecular weight is 498 g/mol. The van der Waals surface area contributed by atoms with Crippen LogP contribution < -0.4 is 10.6 Å². The molecule has 2 amide bonds. The van der Waals surface area contributed by atoms with Crippen molar-refractivity contribution in [3.8, 4) is 6.07 Å². The number of benzene rings is 2. The summed E-state index contributed by atoms with van der Waals surface area (Å²) < 4.78 is 5.11. The fourth-order valence-corrected chi connectivity index (χ4v) is 4.75. The van der Waals surface area contributed by atoms with Crippen molar-refractivity contribution >= 4 is 46.8 Å². The van der Waals surface area contributed by atoms with Gasteiger partial charge in [0.2, 0.25) is 11.8 Å². The van der Waals surface area contributed by atoms with Crippen LogP contribution in [0.4, 0.5) is 5.69 Å². The molecule has 2 atom stereocenters. The second-order valence-electron chi connectivity index (χ2n) is 7.46. The van der Waals surface area contributed by atoms with Crippen LogP contribution in [0, 0.1) is 17.2 Å². The molecule has 176 valence electrons. The fourth-order valence-electron chi connectivity index (χ4n) is 3.65. The number of rotatable bonds is 8. The number of nitriles is 1. The Balaban J connectivity index is 1.87. The van der Waals surface area contributed by atoms with E-state index in [4.69, 9.17) is 16.3 Å². The number of aryl methyl sites for hydroxylation is 1. The van der Waals surface area contributed by atoms with Crippen LogP contribution in [0.15, 0.2) is 59.1 Å². The molecule has 0 unspecified atom stereocenters. The van der Waals surface area contributed by atoms with Crippen LogP contribution in [-0.2, 0) is 25.5 Å². The fraction of sp³-hybridized carbons (Fsp3) is 0.280. The number of nitrogens with one attached hydrogen (secondary N) is 2. The molecule has 34 heavy (non-hydrogen) atoms. The summed E-state index contributed by atoms with van der Waals surface area (Å²) in [6.07, 6.45) is 0.897. The third-order valence-corrected chi connectivity index (χ3v) is 6.66. The van der Waals surface area contributed by atoms with E-state index in [0.717, 1.165) is 23.7 Å². The van der Waals surface area contributed by atoms with Crippen molar-refractivity contribution in [1.82, 2.24) is 5.32 Å². The highest BCUT2D eigenvalue weighted by atomic mass is 35.5. The predicted molar refractivity (Wildman–Crippen MR) is 132 cm³/mol. The number of esters is 1. The lowest BCUT2D eigenvalue weighted by atomic mass is 9.78. The van der Waals surface area contributed by atoms with Crippen LogP contribution >= 0.6 is 23.4 Å². The first kappa shape index (κ1) is 25.3. The number of anilines is 1. The molecule has 2 aromatic carbocycles. The number of carbonyl (C=O) groups excluding carboxylic acids is 3. The van der Waals surface area contributed by atoms with Gasteiger partial charge in [-0.15, -0.1) is 0 Å². The maximum absolute atomic E-state index is 13.0. The Labute approximate surface area is 207 Å². The Kier molecular flexibility index (Phi) is 8.74. The van der Waals surface area contributed by atoms with Crippen LogP contribution in [-0.4, -0.2) is 30.1 Å². The Hall–Kier alpha value is -3.28. The lowest BCUT2D eigenvalue weighted by Crippen LogP contribution is -2.44. The van der Waals surface area contributed by atoms with E-state index in [9.17, 15) is 19.6 Å². The van der Waals surface area contributed by atoms with Gasteiger partial charge in [-0.1, -0.05) is 60.6 Å². The second-order valence-corrected chi connectivity index (χ2v) is 8.85. The summed E-state index contributed by atoms with van der Waals surface area (Å²) in [7, 11) is 0. The van der Waals surface area contributed by atoms with Crippen LogP contribution in [0.1, 0.15) is 30.9 Å². The van der Waals surface area contributed by atoms with Gasteiger partial charge >= 0.3 is 5.97 Å². The monoisotopic (exact) mass is 497 g/mol. The van der Waals surface area contributed by atoms with Crippen LogP contribution in [0.2, 0.25) is 5.02 Å². The van der Waals surface area contributed by atoms with Gasteiger partial charge in [0.1, 0.15) is 5.92 Å². The topological polar surface area (TPSA) is 108 Å². The normalized spacial score (nSPS) is 17.5. The summed E-state index contributed by atoms with van der Waals surface area (Å²) in [5.41, 5.74) is 2.42.